The third kappa shape index (κ3) is 7.30. The van der Waals surface area contributed by atoms with Crippen LogP contribution in [-0.4, -0.2) is 49.4 Å². The lowest BCUT2D eigenvalue weighted by atomic mass is 9.96. The Hall–Kier alpha value is -1.66. The number of rotatable bonds is 8. The van der Waals surface area contributed by atoms with E-state index in [0.29, 0.717) is 19.6 Å². The fourth-order valence-corrected chi connectivity index (χ4v) is 3.03. The van der Waals surface area contributed by atoms with Gasteiger partial charge in [-0.15, -0.1) is 12.4 Å². The van der Waals surface area contributed by atoms with E-state index in [2.05, 4.69) is 17.6 Å². The normalized spacial score (nSPS) is 16.7. The van der Waals surface area contributed by atoms with Gasteiger partial charge < -0.3 is 15.5 Å². The molecule has 1 aromatic carbocycles. The molecule has 5 nitrogen and oxygen atoms in total. The first-order chi connectivity index (χ1) is 12.1. The van der Waals surface area contributed by atoms with Crippen molar-refractivity contribution in [2.75, 3.05) is 32.7 Å². The lowest BCUT2D eigenvalue weighted by Gasteiger charge is -2.32. The van der Waals surface area contributed by atoms with E-state index in [1.54, 1.807) is 17.0 Å². The van der Waals surface area contributed by atoms with Crippen LogP contribution in [-0.2, 0) is 16.0 Å². The number of halogens is 2. The SMILES string of the molecule is CCCNCCNC(=O)C1CCCN(C(=O)Cc2ccc(F)cc2)C1.Cl. The number of hydrogen-bond donors (Lipinski definition) is 2. The van der Waals surface area contributed by atoms with E-state index in [1.165, 1.54) is 12.1 Å². The molecule has 0 bridgehead atoms. The van der Waals surface area contributed by atoms with Crippen molar-refractivity contribution in [2.45, 2.75) is 32.6 Å². The van der Waals surface area contributed by atoms with Gasteiger partial charge in [0.15, 0.2) is 0 Å². The first kappa shape index (κ1) is 22.4. The highest BCUT2D eigenvalue weighted by atomic mass is 35.5. The second kappa shape index (κ2) is 11.9. The zero-order valence-electron chi connectivity index (χ0n) is 15.3. The maximum atomic E-state index is 12.9. The molecule has 1 heterocycles. The largest absolute Gasteiger partial charge is 0.355 e. The lowest BCUT2D eigenvalue weighted by molar-refractivity contribution is -0.135. The van der Waals surface area contributed by atoms with Crippen molar-refractivity contribution in [3.05, 3.63) is 35.6 Å². The van der Waals surface area contributed by atoms with Crippen LogP contribution in [0.3, 0.4) is 0 Å². The Bertz CT molecular complexity index is 568. The van der Waals surface area contributed by atoms with Crippen molar-refractivity contribution >= 4 is 24.2 Å². The van der Waals surface area contributed by atoms with Gasteiger partial charge >= 0.3 is 0 Å². The molecule has 1 aliphatic rings. The van der Waals surface area contributed by atoms with Gasteiger partial charge in [0.2, 0.25) is 11.8 Å². The highest BCUT2D eigenvalue weighted by molar-refractivity contribution is 5.85. The van der Waals surface area contributed by atoms with Crippen LogP contribution in [0.4, 0.5) is 4.39 Å². The molecule has 1 atom stereocenters. The van der Waals surface area contributed by atoms with Gasteiger partial charge in [-0.25, -0.2) is 4.39 Å². The molecule has 1 aromatic rings. The number of carbonyl (C=O) groups is 2. The highest BCUT2D eigenvalue weighted by Crippen LogP contribution is 2.18. The summed E-state index contributed by atoms with van der Waals surface area (Å²) in [5, 5.41) is 6.19. The van der Waals surface area contributed by atoms with Crippen molar-refractivity contribution in [3.8, 4) is 0 Å². The summed E-state index contributed by atoms with van der Waals surface area (Å²) in [7, 11) is 0. The van der Waals surface area contributed by atoms with Crippen LogP contribution < -0.4 is 10.6 Å². The smallest absolute Gasteiger partial charge is 0.227 e. The summed E-state index contributed by atoms with van der Waals surface area (Å²) >= 11 is 0. The van der Waals surface area contributed by atoms with Gasteiger partial charge in [0.05, 0.1) is 12.3 Å². The summed E-state index contributed by atoms with van der Waals surface area (Å²) in [6.07, 6.45) is 2.97. The topological polar surface area (TPSA) is 61.4 Å². The molecule has 1 saturated heterocycles. The van der Waals surface area contributed by atoms with Crippen molar-refractivity contribution in [1.29, 1.82) is 0 Å². The van der Waals surface area contributed by atoms with E-state index in [1.807, 2.05) is 0 Å². The first-order valence-electron chi connectivity index (χ1n) is 9.10. The van der Waals surface area contributed by atoms with Gasteiger partial charge in [-0.3, -0.25) is 9.59 Å². The summed E-state index contributed by atoms with van der Waals surface area (Å²) in [6.45, 7) is 5.57. The summed E-state index contributed by atoms with van der Waals surface area (Å²) in [5.74, 6) is -0.428. The average Bonchev–Trinajstić information content (AvgIpc) is 2.63. The van der Waals surface area contributed by atoms with E-state index >= 15 is 0 Å². The Morgan fingerprint density at radius 1 is 1.19 bits per heavy atom. The zero-order valence-corrected chi connectivity index (χ0v) is 16.1. The number of likely N-dealkylation sites (tertiary alicyclic amines) is 1. The molecular weight excluding hydrogens is 357 g/mol. The monoisotopic (exact) mass is 385 g/mol. The zero-order chi connectivity index (χ0) is 18.1. The minimum absolute atomic E-state index is 0. The average molecular weight is 386 g/mol. The second-order valence-electron chi connectivity index (χ2n) is 6.52. The van der Waals surface area contributed by atoms with Crippen LogP contribution in [0.25, 0.3) is 0 Å². The third-order valence-electron chi connectivity index (χ3n) is 4.44. The number of nitrogens with one attached hydrogen (secondary N) is 2. The van der Waals surface area contributed by atoms with Gasteiger partial charge in [0.25, 0.3) is 0 Å². The van der Waals surface area contributed by atoms with Crippen molar-refractivity contribution in [3.63, 3.8) is 0 Å². The van der Waals surface area contributed by atoms with Gasteiger partial charge in [-0.05, 0) is 43.5 Å². The fraction of sp³-hybridized carbons (Fsp3) is 0.579. The minimum Gasteiger partial charge on any atom is -0.355 e. The molecule has 2 N–H and O–H groups in total. The Morgan fingerprint density at radius 2 is 1.92 bits per heavy atom. The molecule has 2 rings (SSSR count). The molecule has 0 saturated carbocycles. The number of hydrogen-bond acceptors (Lipinski definition) is 3. The quantitative estimate of drug-likeness (QED) is 0.674. The summed E-state index contributed by atoms with van der Waals surface area (Å²) in [6, 6.07) is 5.98. The van der Waals surface area contributed by atoms with Crippen LogP contribution in [0.15, 0.2) is 24.3 Å². The van der Waals surface area contributed by atoms with E-state index in [4.69, 9.17) is 0 Å². The molecule has 1 fully saturated rings. The maximum absolute atomic E-state index is 12.9. The Morgan fingerprint density at radius 3 is 2.62 bits per heavy atom. The van der Waals surface area contributed by atoms with Crippen LogP contribution in [0.1, 0.15) is 31.7 Å². The fourth-order valence-electron chi connectivity index (χ4n) is 3.03. The molecule has 0 aromatic heterocycles. The maximum Gasteiger partial charge on any atom is 0.227 e. The predicted molar refractivity (Wildman–Crippen MR) is 103 cm³/mol. The number of piperidine rings is 1. The molecule has 0 spiro atoms. The van der Waals surface area contributed by atoms with Gasteiger partial charge in [0, 0.05) is 26.2 Å². The number of benzene rings is 1. The summed E-state index contributed by atoms with van der Waals surface area (Å²) in [4.78, 5) is 26.5. The summed E-state index contributed by atoms with van der Waals surface area (Å²) < 4.78 is 12.9. The third-order valence-corrected chi connectivity index (χ3v) is 4.44. The molecule has 1 unspecified atom stereocenters. The van der Waals surface area contributed by atoms with Crippen molar-refractivity contribution < 1.29 is 14.0 Å². The van der Waals surface area contributed by atoms with Crippen molar-refractivity contribution in [2.24, 2.45) is 5.92 Å². The first-order valence-corrected chi connectivity index (χ1v) is 9.10. The van der Waals surface area contributed by atoms with E-state index in [0.717, 1.165) is 37.9 Å². The Balaban J connectivity index is 0.00000338. The molecular formula is C19H29ClFN3O2. The minimum atomic E-state index is -0.306. The molecule has 7 heteroatoms. The molecule has 0 radical (unpaired) electrons. The van der Waals surface area contributed by atoms with E-state index in [9.17, 15) is 14.0 Å². The Labute approximate surface area is 161 Å². The van der Waals surface area contributed by atoms with Crippen LogP contribution in [0.2, 0.25) is 0 Å². The van der Waals surface area contributed by atoms with Gasteiger partial charge in [-0.2, -0.15) is 0 Å². The molecule has 2 amide bonds. The molecule has 26 heavy (non-hydrogen) atoms. The van der Waals surface area contributed by atoms with Crippen LogP contribution >= 0.6 is 12.4 Å². The lowest BCUT2D eigenvalue weighted by Crippen LogP contribution is -2.46. The van der Waals surface area contributed by atoms with E-state index in [-0.39, 0.29) is 42.4 Å². The molecule has 1 aliphatic heterocycles. The predicted octanol–water partition coefficient (Wildman–Crippen LogP) is 2.14. The molecule has 0 aliphatic carbocycles. The molecule has 146 valence electrons. The van der Waals surface area contributed by atoms with E-state index < -0.39 is 0 Å². The number of carbonyl (C=O) groups excluding carboxylic acids is 2. The van der Waals surface area contributed by atoms with Crippen LogP contribution in [0, 0.1) is 11.7 Å². The number of nitrogens with zero attached hydrogens (tertiary/aromatic N) is 1. The second-order valence-corrected chi connectivity index (χ2v) is 6.52. The highest BCUT2D eigenvalue weighted by Gasteiger charge is 2.28. The summed E-state index contributed by atoms with van der Waals surface area (Å²) in [5.41, 5.74) is 0.792. The standard InChI is InChI=1S/C19H28FN3O2.ClH/c1-2-9-21-10-11-22-19(25)16-4-3-12-23(14-16)18(24)13-15-5-7-17(20)8-6-15;/h5-8,16,21H,2-4,9-14H2,1H3,(H,22,25);1H. The number of amides is 2. The van der Waals surface area contributed by atoms with Gasteiger partial charge in [-0.1, -0.05) is 19.1 Å². The van der Waals surface area contributed by atoms with Crippen molar-refractivity contribution in [1.82, 2.24) is 15.5 Å². The Kier molecular flexibility index (Phi) is 10.2. The van der Waals surface area contributed by atoms with Crippen LogP contribution in [0.5, 0.6) is 0 Å². The van der Waals surface area contributed by atoms with Gasteiger partial charge in [0.1, 0.15) is 5.82 Å².